The zero-order valence-corrected chi connectivity index (χ0v) is 23.2. The fourth-order valence-electron chi connectivity index (χ4n) is 6.19. The van der Waals surface area contributed by atoms with E-state index in [-0.39, 0.29) is 11.4 Å². The number of amides is 1. The molecule has 1 saturated carbocycles. The highest BCUT2D eigenvalue weighted by Crippen LogP contribution is 2.35. The average molecular weight is 541 g/mol. The molecule has 0 spiro atoms. The Morgan fingerprint density at radius 1 is 1.18 bits per heavy atom. The van der Waals surface area contributed by atoms with Gasteiger partial charge in [0.05, 0.1) is 22.2 Å². The molecule has 7 nitrogen and oxygen atoms in total. The monoisotopic (exact) mass is 540 g/mol. The van der Waals surface area contributed by atoms with Gasteiger partial charge in [0.1, 0.15) is 17.3 Å². The molecule has 0 radical (unpaired) electrons. The van der Waals surface area contributed by atoms with Crippen molar-refractivity contribution in [2.24, 2.45) is 4.99 Å². The molecule has 2 fully saturated rings. The number of fused-ring (bicyclic) bond motifs is 1. The summed E-state index contributed by atoms with van der Waals surface area (Å²) < 4.78 is 15.7. The minimum atomic E-state index is -0.408. The van der Waals surface area contributed by atoms with Crippen LogP contribution in [0.1, 0.15) is 69.2 Å². The maximum Gasteiger partial charge on any atom is 0.253 e. The molecule has 2 aromatic rings. The minimum absolute atomic E-state index is 0.0182. The van der Waals surface area contributed by atoms with Gasteiger partial charge < -0.3 is 5.32 Å². The molecule has 0 atom stereocenters. The van der Waals surface area contributed by atoms with Gasteiger partial charge in [0.15, 0.2) is 0 Å². The normalized spacial score (nSPS) is 23.4. The molecule has 204 valence electrons. The molecule has 4 heterocycles. The third-order valence-corrected chi connectivity index (χ3v) is 8.70. The number of pyridine rings is 1. The Bertz CT molecular complexity index is 1250. The quantitative estimate of drug-likeness (QED) is 0.539. The van der Waals surface area contributed by atoms with Crippen molar-refractivity contribution in [3.8, 4) is 0 Å². The van der Waals surface area contributed by atoms with Crippen LogP contribution in [-0.4, -0.2) is 75.4 Å². The van der Waals surface area contributed by atoms with E-state index in [1.54, 1.807) is 29.1 Å². The number of piperazine rings is 1. The summed E-state index contributed by atoms with van der Waals surface area (Å²) in [4.78, 5) is 27.8. The predicted octanol–water partition coefficient (Wildman–Crippen LogP) is 5.56. The standard InChI is InChI=1S/C29H38ClFN6O/c1-21(2)35-14-16-36(17-15-35)29(11-6-3-7-12-29)20-34-28(38)23-19-37(27-26(23)24(30)10-13-32-27)25-9-5-4-8-22(31)18-33-25/h4,8,10,13,18-19,21H,3,5-7,9,11-12,14-17,20H2,1-2H3,(H,34,38)/b8-4-,22-18+,33-25?. The fraction of sp³-hybridized carbons (Fsp3) is 0.552. The Morgan fingerprint density at radius 2 is 1.95 bits per heavy atom. The fourth-order valence-corrected chi connectivity index (χ4v) is 6.43. The van der Waals surface area contributed by atoms with Gasteiger partial charge in [0, 0.05) is 63.1 Å². The topological polar surface area (TPSA) is 65.8 Å². The molecule has 1 amide bonds. The maximum atomic E-state index is 13.9. The summed E-state index contributed by atoms with van der Waals surface area (Å²) in [5, 5.41) is 4.35. The lowest BCUT2D eigenvalue weighted by molar-refractivity contribution is 0.000840. The van der Waals surface area contributed by atoms with Crippen LogP contribution in [0.3, 0.4) is 0 Å². The second-order valence-corrected chi connectivity index (χ2v) is 11.4. The predicted molar refractivity (Wildman–Crippen MR) is 152 cm³/mol. The number of aliphatic imine (C=N–C) groups is 1. The largest absolute Gasteiger partial charge is 0.350 e. The molecule has 3 aliphatic rings. The molecule has 2 aromatic heterocycles. The third kappa shape index (κ3) is 5.58. The highest BCUT2D eigenvalue weighted by atomic mass is 35.5. The van der Waals surface area contributed by atoms with Gasteiger partial charge >= 0.3 is 0 Å². The van der Waals surface area contributed by atoms with Crippen molar-refractivity contribution >= 4 is 34.4 Å². The van der Waals surface area contributed by atoms with Crippen LogP contribution < -0.4 is 5.32 Å². The lowest BCUT2D eigenvalue weighted by atomic mass is 9.79. The summed E-state index contributed by atoms with van der Waals surface area (Å²) in [5.41, 5.74) is 1.01. The smallest absolute Gasteiger partial charge is 0.253 e. The Balaban J connectivity index is 1.40. The van der Waals surface area contributed by atoms with Gasteiger partial charge in [0.2, 0.25) is 0 Å². The first-order valence-electron chi connectivity index (χ1n) is 13.9. The van der Waals surface area contributed by atoms with Crippen LogP contribution in [0.15, 0.2) is 47.6 Å². The van der Waals surface area contributed by atoms with Crippen LogP contribution in [-0.2, 0) is 0 Å². The van der Waals surface area contributed by atoms with Gasteiger partial charge in [0.25, 0.3) is 5.91 Å². The zero-order chi connectivity index (χ0) is 26.7. The molecule has 1 aliphatic carbocycles. The van der Waals surface area contributed by atoms with E-state index in [2.05, 4.69) is 38.9 Å². The number of carbonyl (C=O) groups excluding carboxylic acids is 1. The maximum absolute atomic E-state index is 13.9. The van der Waals surface area contributed by atoms with Crippen LogP contribution in [0.4, 0.5) is 4.39 Å². The van der Waals surface area contributed by atoms with Crippen molar-refractivity contribution in [1.82, 2.24) is 24.7 Å². The first kappa shape index (κ1) is 27.0. The van der Waals surface area contributed by atoms with Gasteiger partial charge in [-0.25, -0.2) is 14.4 Å². The van der Waals surface area contributed by atoms with Crippen LogP contribution >= 0.6 is 11.6 Å². The molecule has 1 saturated heterocycles. The molecule has 0 aromatic carbocycles. The molecule has 2 aliphatic heterocycles. The van der Waals surface area contributed by atoms with Crippen molar-refractivity contribution in [3.05, 3.63) is 53.2 Å². The number of aromatic nitrogens is 2. The molecule has 1 N–H and O–H groups in total. The SMILES string of the molecule is CC(C)N1CCN(C2(CNC(=O)c3cn(C4=N/C=C(F)\C=C/CC4)c4nccc(Cl)c34)CCCCC2)CC1. The van der Waals surface area contributed by atoms with Crippen molar-refractivity contribution in [2.75, 3.05) is 32.7 Å². The lowest BCUT2D eigenvalue weighted by Crippen LogP contribution is -2.62. The Kier molecular flexibility index (Phi) is 8.31. The summed E-state index contributed by atoms with van der Waals surface area (Å²) in [6, 6.07) is 2.25. The van der Waals surface area contributed by atoms with Crippen molar-refractivity contribution in [2.45, 2.75) is 70.4 Å². The molecular weight excluding hydrogens is 503 g/mol. The number of hydrogen-bond donors (Lipinski definition) is 1. The van der Waals surface area contributed by atoms with E-state index >= 15 is 0 Å². The lowest BCUT2D eigenvalue weighted by Gasteiger charge is -2.50. The van der Waals surface area contributed by atoms with E-state index in [0.717, 1.165) is 39.0 Å². The second-order valence-electron chi connectivity index (χ2n) is 11.0. The molecular formula is C29H38ClFN6O. The highest BCUT2D eigenvalue weighted by molar-refractivity contribution is 6.36. The highest BCUT2D eigenvalue weighted by Gasteiger charge is 2.40. The van der Waals surface area contributed by atoms with E-state index in [9.17, 15) is 9.18 Å². The number of carbonyl (C=O) groups is 1. The Hall–Kier alpha value is -2.55. The number of halogens is 2. The summed E-state index contributed by atoms with van der Waals surface area (Å²) in [6.07, 6.45) is 14.8. The Labute approximate surface area is 229 Å². The number of hydrogen-bond acceptors (Lipinski definition) is 5. The summed E-state index contributed by atoms with van der Waals surface area (Å²) >= 11 is 6.61. The van der Waals surface area contributed by atoms with E-state index in [1.165, 1.54) is 31.5 Å². The van der Waals surface area contributed by atoms with E-state index < -0.39 is 5.83 Å². The Morgan fingerprint density at radius 3 is 2.68 bits per heavy atom. The molecule has 5 rings (SSSR count). The molecule has 38 heavy (non-hydrogen) atoms. The number of allylic oxidation sites excluding steroid dienone is 3. The van der Waals surface area contributed by atoms with E-state index in [1.807, 2.05) is 0 Å². The van der Waals surface area contributed by atoms with Gasteiger partial charge in [-0.15, -0.1) is 0 Å². The van der Waals surface area contributed by atoms with Crippen LogP contribution in [0.2, 0.25) is 5.02 Å². The van der Waals surface area contributed by atoms with Gasteiger partial charge in [-0.3, -0.25) is 19.2 Å². The average Bonchev–Trinajstić information content (AvgIpc) is 3.31. The van der Waals surface area contributed by atoms with Crippen molar-refractivity contribution in [3.63, 3.8) is 0 Å². The number of rotatable bonds is 5. The van der Waals surface area contributed by atoms with E-state index in [4.69, 9.17) is 11.6 Å². The molecule has 0 unspecified atom stereocenters. The van der Waals surface area contributed by atoms with Crippen LogP contribution in [0, 0.1) is 0 Å². The van der Waals surface area contributed by atoms with Crippen LogP contribution in [0.5, 0.6) is 0 Å². The first-order chi connectivity index (χ1) is 18.4. The minimum Gasteiger partial charge on any atom is -0.350 e. The zero-order valence-electron chi connectivity index (χ0n) is 22.4. The summed E-state index contributed by atoms with van der Waals surface area (Å²) in [6.45, 7) is 9.31. The van der Waals surface area contributed by atoms with Crippen LogP contribution in [0.25, 0.3) is 11.0 Å². The van der Waals surface area contributed by atoms with Gasteiger partial charge in [-0.05, 0) is 45.3 Å². The summed E-state index contributed by atoms with van der Waals surface area (Å²) in [7, 11) is 0. The third-order valence-electron chi connectivity index (χ3n) is 8.38. The van der Waals surface area contributed by atoms with Gasteiger partial charge in [-0.1, -0.05) is 36.9 Å². The first-order valence-corrected chi connectivity index (χ1v) is 14.3. The van der Waals surface area contributed by atoms with Gasteiger partial charge in [-0.2, -0.15) is 0 Å². The number of nitrogens with zero attached hydrogens (tertiary/aromatic N) is 5. The van der Waals surface area contributed by atoms with Crippen molar-refractivity contribution in [1.29, 1.82) is 0 Å². The van der Waals surface area contributed by atoms with E-state index in [0.29, 0.717) is 52.9 Å². The van der Waals surface area contributed by atoms with Crippen molar-refractivity contribution < 1.29 is 9.18 Å². The molecule has 0 bridgehead atoms. The summed E-state index contributed by atoms with van der Waals surface area (Å²) in [5.74, 6) is 0.0483. The number of nitrogens with one attached hydrogen (secondary N) is 1. The second kappa shape index (κ2) is 11.7. The molecule has 9 heteroatoms.